The van der Waals surface area contributed by atoms with Crippen LogP contribution in [0, 0.1) is 6.92 Å². The van der Waals surface area contributed by atoms with E-state index < -0.39 is 11.9 Å². The second kappa shape index (κ2) is 7.92. The van der Waals surface area contributed by atoms with Gasteiger partial charge in [-0.3, -0.25) is 0 Å². The molecule has 120 valence electrons. The summed E-state index contributed by atoms with van der Waals surface area (Å²) in [6.45, 7) is 4.22. The van der Waals surface area contributed by atoms with Gasteiger partial charge in [0.25, 0.3) is 0 Å². The van der Waals surface area contributed by atoms with Crippen molar-refractivity contribution in [3.63, 3.8) is 0 Å². The van der Waals surface area contributed by atoms with Crippen LogP contribution in [0.15, 0.2) is 46.9 Å². The number of halogens is 1. The zero-order valence-electron chi connectivity index (χ0n) is 13.0. The Morgan fingerprint density at radius 3 is 2.48 bits per heavy atom. The summed E-state index contributed by atoms with van der Waals surface area (Å²) in [5, 5.41) is 0. The second-order valence-corrected chi connectivity index (χ2v) is 5.87. The molecular weight excluding hydrogens is 360 g/mol. The molecule has 2 aromatic rings. The number of esters is 2. The van der Waals surface area contributed by atoms with Crippen molar-refractivity contribution in [2.45, 2.75) is 20.3 Å². The van der Waals surface area contributed by atoms with Crippen molar-refractivity contribution in [2.75, 3.05) is 6.61 Å². The van der Waals surface area contributed by atoms with Crippen LogP contribution < -0.4 is 4.74 Å². The Morgan fingerprint density at radius 2 is 1.78 bits per heavy atom. The predicted octanol–water partition coefficient (Wildman–Crippen LogP) is 4.54. The van der Waals surface area contributed by atoms with Gasteiger partial charge in [0.15, 0.2) is 0 Å². The molecule has 5 heteroatoms. The molecule has 0 N–H and O–H groups in total. The Morgan fingerprint density at radius 1 is 1.04 bits per heavy atom. The summed E-state index contributed by atoms with van der Waals surface area (Å²) in [5.41, 5.74) is 1.82. The van der Waals surface area contributed by atoms with Crippen molar-refractivity contribution in [1.29, 1.82) is 0 Å². The molecule has 23 heavy (non-hydrogen) atoms. The molecule has 2 rings (SSSR count). The lowest BCUT2D eigenvalue weighted by Crippen LogP contribution is -2.10. The molecule has 4 nitrogen and oxygen atoms in total. The lowest BCUT2D eigenvalue weighted by atomic mass is 10.1. The molecule has 2 aromatic carbocycles. The molecule has 0 fully saturated rings. The summed E-state index contributed by atoms with van der Waals surface area (Å²) in [6, 6.07) is 11.6. The van der Waals surface area contributed by atoms with E-state index >= 15 is 0 Å². The summed E-state index contributed by atoms with van der Waals surface area (Å²) in [7, 11) is 0. The van der Waals surface area contributed by atoms with E-state index in [2.05, 4.69) is 15.9 Å². The Kier molecular flexibility index (Phi) is 5.93. The maximum atomic E-state index is 12.2. The average Bonchev–Trinajstić information content (AvgIpc) is 2.55. The highest BCUT2D eigenvalue weighted by Crippen LogP contribution is 2.20. The highest BCUT2D eigenvalue weighted by Gasteiger charge is 2.12. The number of rotatable bonds is 5. The van der Waals surface area contributed by atoms with Gasteiger partial charge < -0.3 is 9.47 Å². The van der Waals surface area contributed by atoms with Crippen LogP contribution in [0.5, 0.6) is 5.75 Å². The molecule has 0 saturated carbocycles. The van der Waals surface area contributed by atoms with Gasteiger partial charge in [-0.2, -0.15) is 0 Å². The number of hydrogen-bond acceptors (Lipinski definition) is 4. The normalized spacial score (nSPS) is 10.2. The van der Waals surface area contributed by atoms with Crippen molar-refractivity contribution >= 4 is 27.9 Å². The van der Waals surface area contributed by atoms with Crippen molar-refractivity contribution in [3.05, 3.63) is 63.6 Å². The van der Waals surface area contributed by atoms with Crippen LogP contribution in [-0.2, 0) is 4.74 Å². The molecular formula is C18H17BrO4. The van der Waals surface area contributed by atoms with Gasteiger partial charge in [0.2, 0.25) is 0 Å². The fourth-order valence-electron chi connectivity index (χ4n) is 1.85. The molecule has 0 aliphatic carbocycles. The summed E-state index contributed by atoms with van der Waals surface area (Å²) in [4.78, 5) is 24.0. The van der Waals surface area contributed by atoms with E-state index in [-0.39, 0.29) is 0 Å². The van der Waals surface area contributed by atoms with Crippen molar-refractivity contribution in [3.8, 4) is 5.75 Å². The third-order valence-corrected chi connectivity index (χ3v) is 3.98. The van der Waals surface area contributed by atoms with Crippen molar-refractivity contribution < 1.29 is 19.1 Å². The Labute approximate surface area is 143 Å². The molecule has 0 heterocycles. The van der Waals surface area contributed by atoms with E-state index in [1.54, 1.807) is 30.3 Å². The van der Waals surface area contributed by atoms with E-state index in [9.17, 15) is 9.59 Å². The van der Waals surface area contributed by atoms with E-state index in [0.717, 1.165) is 16.5 Å². The SMILES string of the molecule is CCCOC(=O)c1cccc(OC(=O)c2ccc(C)c(Br)c2)c1. The standard InChI is InChI=1S/C18H17BrO4/c1-3-9-22-17(20)13-5-4-6-15(10-13)23-18(21)14-8-7-12(2)16(19)11-14/h4-8,10-11H,3,9H2,1-2H3. The molecule has 0 spiro atoms. The maximum Gasteiger partial charge on any atom is 0.343 e. The van der Waals surface area contributed by atoms with Crippen LogP contribution in [0.4, 0.5) is 0 Å². The number of ether oxygens (including phenoxy) is 2. The Balaban J connectivity index is 2.12. The predicted molar refractivity (Wildman–Crippen MR) is 90.9 cm³/mol. The minimum Gasteiger partial charge on any atom is -0.462 e. The van der Waals surface area contributed by atoms with Gasteiger partial charge in [0.1, 0.15) is 5.75 Å². The summed E-state index contributed by atoms with van der Waals surface area (Å²) >= 11 is 3.39. The molecule has 0 amide bonds. The molecule has 0 saturated heterocycles. The number of carbonyl (C=O) groups is 2. The topological polar surface area (TPSA) is 52.6 Å². The lowest BCUT2D eigenvalue weighted by molar-refractivity contribution is 0.0503. The van der Waals surface area contributed by atoms with Crippen LogP contribution in [0.1, 0.15) is 39.6 Å². The zero-order chi connectivity index (χ0) is 16.8. The van der Waals surface area contributed by atoms with Gasteiger partial charge in [-0.25, -0.2) is 9.59 Å². The quantitative estimate of drug-likeness (QED) is 0.567. The van der Waals surface area contributed by atoms with Gasteiger partial charge in [-0.15, -0.1) is 0 Å². The van der Waals surface area contributed by atoms with E-state index in [1.165, 1.54) is 6.07 Å². The van der Waals surface area contributed by atoms with Crippen LogP contribution in [0.3, 0.4) is 0 Å². The average molecular weight is 377 g/mol. The van der Waals surface area contributed by atoms with Gasteiger partial charge >= 0.3 is 11.9 Å². The van der Waals surface area contributed by atoms with Crippen molar-refractivity contribution in [2.24, 2.45) is 0 Å². The van der Waals surface area contributed by atoms with E-state index in [0.29, 0.717) is 23.5 Å². The van der Waals surface area contributed by atoms with Crippen LogP contribution >= 0.6 is 15.9 Å². The Hall–Kier alpha value is -2.14. The van der Waals surface area contributed by atoms with E-state index in [1.807, 2.05) is 19.9 Å². The lowest BCUT2D eigenvalue weighted by Gasteiger charge is -2.08. The monoisotopic (exact) mass is 376 g/mol. The van der Waals surface area contributed by atoms with Gasteiger partial charge in [0.05, 0.1) is 17.7 Å². The fraction of sp³-hybridized carbons (Fsp3) is 0.222. The molecule has 0 atom stereocenters. The fourth-order valence-corrected chi connectivity index (χ4v) is 2.23. The van der Waals surface area contributed by atoms with Gasteiger partial charge in [-0.1, -0.05) is 35.0 Å². The molecule has 0 aromatic heterocycles. The first-order valence-corrected chi connectivity index (χ1v) is 8.06. The van der Waals surface area contributed by atoms with Crippen molar-refractivity contribution in [1.82, 2.24) is 0 Å². The minimum atomic E-state index is -0.482. The highest BCUT2D eigenvalue weighted by molar-refractivity contribution is 9.10. The zero-order valence-corrected chi connectivity index (χ0v) is 14.6. The number of hydrogen-bond donors (Lipinski definition) is 0. The highest BCUT2D eigenvalue weighted by atomic mass is 79.9. The summed E-state index contributed by atoms with van der Waals surface area (Å²) in [6.07, 6.45) is 0.753. The summed E-state index contributed by atoms with van der Waals surface area (Å²) in [5.74, 6) is -0.606. The molecule has 0 radical (unpaired) electrons. The number of benzene rings is 2. The number of carbonyl (C=O) groups excluding carboxylic acids is 2. The summed E-state index contributed by atoms with van der Waals surface area (Å²) < 4.78 is 11.2. The first-order chi connectivity index (χ1) is 11.0. The maximum absolute atomic E-state index is 12.2. The number of aryl methyl sites for hydroxylation is 1. The molecule has 0 bridgehead atoms. The molecule has 0 aliphatic heterocycles. The molecule has 0 aliphatic rings. The minimum absolute atomic E-state index is 0.303. The molecule has 0 unspecified atom stereocenters. The third-order valence-electron chi connectivity index (χ3n) is 3.13. The van der Waals surface area contributed by atoms with Crippen LogP contribution in [-0.4, -0.2) is 18.5 Å². The first kappa shape index (κ1) is 17.2. The Bertz CT molecular complexity index is 725. The van der Waals surface area contributed by atoms with Gasteiger partial charge in [0, 0.05) is 4.47 Å². The van der Waals surface area contributed by atoms with E-state index in [4.69, 9.17) is 9.47 Å². The second-order valence-electron chi connectivity index (χ2n) is 5.02. The third kappa shape index (κ3) is 4.66. The first-order valence-electron chi connectivity index (χ1n) is 7.26. The van der Waals surface area contributed by atoms with Crippen LogP contribution in [0.2, 0.25) is 0 Å². The van der Waals surface area contributed by atoms with Gasteiger partial charge in [-0.05, 0) is 49.2 Å². The smallest absolute Gasteiger partial charge is 0.343 e. The largest absolute Gasteiger partial charge is 0.462 e. The van der Waals surface area contributed by atoms with Crippen LogP contribution in [0.25, 0.3) is 0 Å².